The predicted molar refractivity (Wildman–Crippen MR) is 120 cm³/mol. The van der Waals surface area contributed by atoms with Crippen molar-refractivity contribution in [1.29, 1.82) is 0 Å². The van der Waals surface area contributed by atoms with E-state index in [-0.39, 0.29) is 11.3 Å². The molecule has 9 heteroatoms. The third-order valence-corrected chi connectivity index (χ3v) is 6.03. The molecule has 2 aromatic carbocycles. The van der Waals surface area contributed by atoms with E-state index in [1.54, 1.807) is 16.8 Å². The van der Waals surface area contributed by atoms with Crippen molar-refractivity contribution in [2.75, 3.05) is 7.05 Å². The van der Waals surface area contributed by atoms with Gasteiger partial charge in [-0.1, -0.05) is 24.1 Å². The molecule has 0 spiro atoms. The molecule has 1 aromatic heterocycles. The van der Waals surface area contributed by atoms with Gasteiger partial charge in [0.05, 0.1) is 5.69 Å². The van der Waals surface area contributed by atoms with Crippen LogP contribution in [0.25, 0.3) is 5.69 Å². The molecule has 33 heavy (non-hydrogen) atoms. The van der Waals surface area contributed by atoms with E-state index in [1.807, 2.05) is 12.1 Å². The fourth-order valence-corrected chi connectivity index (χ4v) is 4.22. The van der Waals surface area contributed by atoms with Gasteiger partial charge in [0.25, 0.3) is 5.91 Å². The minimum Gasteiger partial charge on any atom is -0.357 e. The highest BCUT2D eigenvalue weighted by Crippen LogP contribution is 2.28. The van der Waals surface area contributed by atoms with Gasteiger partial charge < -0.3 is 10.6 Å². The van der Waals surface area contributed by atoms with Gasteiger partial charge in [-0.05, 0) is 67.6 Å². The van der Waals surface area contributed by atoms with E-state index in [4.69, 9.17) is 11.6 Å². The maximum Gasteiger partial charge on any atom is 0.272 e. The summed E-state index contributed by atoms with van der Waals surface area (Å²) in [6, 6.07) is 9.06. The second-order valence-electron chi connectivity index (χ2n) is 7.92. The Morgan fingerprint density at radius 1 is 1.03 bits per heavy atom. The van der Waals surface area contributed by atoms with Gasteiger partial charge in [0.15, 0.2) is 17.3 Å². The minimum absolute atomic E-state index is 0.129. The van der Waals surface area contributed by atoms with Gasteiger partial charge in [0.1, 0.15) is 6.04 Å². The van der Waals surface area contributed by atoms with Crippen molar-refractivity contribution in [3.8, 4) is 5.69 Å². The monoisotopic (exact) mass is 472 g/mol. The molecule has 2 amide bonds. The van der Waals surface area contributed by atoms with E-state index in [2.05, 4.69) is 15.7 Å². The smallest absolute Gasteiger partial charge is 0.272 e. The molecule has 0 aliphatic heterocycles. The van der Waals surface area contributed by atoms with E-state index < -0.39 is 29.5 Å². The third kappa shape index (κ3) is 4.75. The number of fused-ring (bicyclic) bond motifs is 1. The Bertz CT molecular complexity index is 1190. The molecule has 0 saturated carbocycles. The molecule has 1 unspecified atom stereocenters. The molecule has 0 fully saturated rings. The van der Waals surface area contributed by atoms with E-state index in [0.29, 0.717) is 11.4 Å². The van der Waals surface area contributed by atoms with Crippen LogP contribution in [0.2, 0.25) is 5.02 Å². The Hall–Kier alpha value is -3.26. The SMILES string of the molecule is CNC(=O)C(NC(=O)c1nn(-c2ccc(Cl)cc2)c2c1CCCCC2)c1ccc(F)c(F)c1. The van der Waals surface area contributed by atoms with Crippen molar-refractivity contribution in [2.45, 2.75) is 38.1 Å². The first-order valence-corrected chi connectivity index (χ1v) is 11.1. The molecule has 6 nitrogen and oxygen atoms in total. The molecule has 172 valence electrons. The highest BCUT2D eigenvalue weighted by Gasteiger charge is 2.29. The summed E-state index contributed by atoms with van der Waals surface area (Å²) in [7, 11) is 1.41. The van der Waals surface area contributed by atoms with Gasteiger partial charge in [-0.15, -0.1) is 0 Å². The Morgan fingerprint density at radius 2 is 1.76 bits per heavy atom. The Labute approximate surface area is 194 Å². The zero-order valence-electron chi connectivity index (χ0n) is 18.0. The number of aromatic nitrogens is 2. The number of carbonyl (C=O) groups is 2. The van der Waals surface area contributed by atoms with Crippen LogP contribution in [0.4, 0.5) is 8.78 Å². The fourth-order valence-electron chi connectivity index (χ4n) is 4.09. The Morgan fingerprint density at radius 3 is 2.45 bits per heavy atom. The lowest BCUT2D eigenvalue weighted by Gasteiger charge is -2.17. The Kier molecular flexibility index (Phi) is 6.74. The lowest BCUT2D eigenvalue weighted by molar-refractivity contribution is -0.122. The van der Waals surface area contributed by atoms with Crippen LogP contribution in [-0.4, -0.2) is 28.6 Å². The van der Waals surface area contributed by atoms with Crippen LogP contribution in [0.15, 0.2) is 42.5 Å². The van der Waals surface area contributed by atoms with Crippen LogP contribution in [0.3, 0.4) is 0 Å². The van der Waals surface area contributed by atoms with Gasteiger partial charge in [0, 0.05) is 23.3 Å². The first-order chi connectivity index (χ1) is 15.9. The molecular weight excluding hydrogens is 450 g/mol. The molecular formula is C24H23ClF2N4O2. The number of nitrogens with zero attached hydrogens (tertiary/aromatic N) is 2. The lowest BCUT2D eigenvalue weighted by Crippen LogP contribution is -2.39. The molecule has 3 aromatic rings. The third-order valence-electron chi connectivity index (χ3n) is 5.78. The standard InChI is InChI=1S/C24H23ClF2N4O2/c1-28-23(32)21(14-7-12-18(26)19(27)13-14)29-24(33)22-17-5-3-2-4-6-20(17)31(30-22)16-10-8-15(25)9-11-16/h7-13,21H,2-6H2,1H3,(H,28,32)(H,29,33). The molecule has 1 aliphatic carbocycles. The molecule has 1 heterocycles. The number of benzene rings is 2. The molecule has 0 saturated heterocycles. The van der Waals surface area contributed by atoms with Crippen molar-refractivity contribution in [3.63, 3.8) is 0 Å². The van der Waals surface area contributed by atoms with Crippen LogP contribution in [0, 0.1) is 11.6 Å². The number of amides is 2. The number of rotatable bonds is 5. The van der Waals surface area contributed by atoms with Gasteiger partial charge >= 0.3 is 0 Å². The Balaban J connectivity index is 1.72. The second kappa shape index (κ2) is 9.70. The topological polar surface area (TPSA) is 76.0 Å². The summed E-state index contributed by atoms with van der Waals surface area (Å²) < 4.78 is 29.0. The average Bonchev–Trinajstić information content (AvgIpc) is 3.00. The first-order valence-electron chi connectivity index (χ1n) is 10.7. The summed E-state index contributed by atoms with van der Waals surface area (Å²) in [5.74, 6) is -3.25. The lowest BCUT2D eigenvalue weighted by atomic mass is 10.0. The van der Waals surface area contributed by atoms with E-state index in [9.17, 15) is 18.4 Å². The number of likely N-dealkylation sites (N-methyl/N-ethyl adjacent to an activating group) is 1. The summed E-state index contributed by atoms with van der Waals surface area (Å²) in [6.07, 6.45) is 4.37. The van der Waals surface area contributed by atoms with Crippen LogP contribution in [0.5, 0.6) is 0 Å². The van der Waals surface area contributed by atoms with Crippen molar-refractivity contribution >= 4 is 23.4 Å². The second-order valence-corrected chi connectivity index (χ2v) is 8.35. The summed E-state index contributed by atoms with van der Waals surface area (Å²) >= 11 is 6.02. The van der Waals surface area contributed by atoms with E-state index >= 15 is 0 Å². The molecule has 4 rings (SSSR count). The molecule has 1 aliphatic rings. The largest absolute Gasteiger partial charge is 0.357 e. The zero-order valence-corrected chi connectivity index (χ0v) is 18.8. The normalized spacial score (nSPS) is 14.2. The summed E-state index contributed by atoms with van der Waals surface area (Å²) in [5, 5.41) is 10.3. The highest BCUT2D eigenvalue weighted by molar-refractivity contribution is 6.30. The molecule has 0 bridgehead atoms. The molecule has 2 N–H and O–H groups in total. The number of hydrogen-bond acceptors (Lipinski definition) is 3. The van der Waals surface area contributed by atoms with Gasteiger partial charge in [0.2, 0.25) is 5.91 Å². The van der Waals surface area contributed by atoms with Crippen molar-refractivity contribution in [1.82, 2.24) is 20.4 Å². The molecule has 1 atom stereocenters. The number of hydrogen-bond donors (Lipinski definition) is 2. The van der Waals surface area contributed by atoms with E-state index in [1.165, 1.54) is 13.1 Å². The summed E-state index contributed by atoms with van der Waals surface area (Å²) in [4.78, 5) is 25.8. The quantitative estimate of drug-likeness (QED) is 0.544. The summed E-state index contributed by atoms with van der Waals surface area (Å²) in [6.45, 7) is 0. The van der Waals surface area contributed by atoms with Crippen LogP contribution in [0.1, 0.15) is 52.6 Å². The fraction of sp³-hybridized carbons (Fsp3) is 0.292. The highest BCUT2D eigenvalue weighted by atomic mass is 35.5. The average molecular weight is 473 g/mol. The number of carbonyl (C=O) groups excluding carboxylic acids is 2. The van der Waals surface area contributed by atoms with Gasteiger partial charge in [-0.2, -0.15) is 5.10 Å². The first kappa shape index (κ1) is 22.9. The number of halogens is 3. The van der Waals surface area contributed by atoms with Gasteiger partial charge in [-0.3, -0.25) is 9.59 Å². The van der Waals surface area contributed by atoms with Crippen LogP contribution < -0.4 is 10.6 Å². The summed E-state index contributed by atoms with van der Waals surface area (Å²) in [5.41, 5.74) is 2.91. The maximum atomic E-state index is 13.8. The van der Waals surface area contributed by atoms with Crippen molar-refractivity contribution in [2.24, 2.45) is 0 Å². The van der Waals surface area contributed by atoms with Crippen LogP contribution in [-0.2, 0) is 17.6 Å². The van der Waals surface area contributed by atoms with Crippen LogP contribution >= 0.6 is 11.6 Å². The van der Waals surface area contributed by atoms with Gasteiger partial charge in [-0.25, -0.2) is 13.5 Å². The van der Waals surface area contributed by atoms with Crippen molar-refractivity contribution in [3.05, 3.63) is 81.6 Å². The molecule has 0 radical (unpaired) electrons. The minimum atomic E-state index is -1.21. The predicted octanol–water partition coefficient (Wildman–Crippen LogP) is 4.29. The van der Waals surface area contributed by atoms with Crippen molar-refractivity contribution < 1.29 is 18.4 Å². The maximum absolute atomic E-state index is 13.8. The zero-order chi connectivity index (χ0) is 23.5. The van der Waals surface area contributed by atoms with E-state index in [0.717, 1.165) is 54.8 Å². The number of nitrogens with one attached hydrogen (secondary N) is 2.